The molecule has 0 fully saturated rings. The van der Waals surface area contributed by atoms with Crippen molar-refractivity contribution in [3.8, 4) is 5.75 Å². The Kier molecular flexibility index (Phi) is 6.51. The summed E-state index contributed by atoms with van der Waals surface area (Å²) in [6.45, 7) is 1.58. The molecule has 0 aliphatic rings. The van der Waals surface area contributed by atoms with Gasteiger partial charge in [0.05, 0.1) is 24.4 Å². The van der Waals surface area contributed by atoms with Crippen LogP contribution in [-0.2, 0) is 21.3 Å². The normalized spacial score (nSPS) is 11.6. The molecule has 1 aromatic rings. The van der Waals surface area contributed by atoms with Gasteiger partial charge in [0.1, 0.15) is 0 Å². The summed E-state index contributed by atoms with van der Waals surface area (Å²) in [4.78, 5) is 15.0. The van der Waals surface area contributed by atoms with Crippen molar-refractivity contribution in [1.29, 1.82) is 0 Å². The first-order valence-corrected chi connectivity index (χ1v) is 7.08. The summed E-state index contributed by atoms with van der Waals surface area (Å²) in [5, 5.41) is -0.169. The van der Waals surface area contributed by atoms with Crippen LogP contribution in [0.5, 0.6) is 5.75 Å². The van der Waals surface area contributed by atoms with Crippen LogP contribution in [0.15, 0.2) is 6.07 Å². The van der Waals surface area contributed by atoms with Gasteiger partial charge in [0.2, 0.25) is 0 Å². The Hall–Kier alpha value is -1.45. The molecule has 22 heavy (non-hydrogen) atoms. The van der Waals surface area contributed by atoms with Gasteiger partial charge in [-0.15, -0.1) is 13.2 Å². The standard InChI is InChI=1S/C12H11BrF5NO3/c1-2-21-10(20)4-7-6(11(14)15)3-9(8(5-13)19-7)22-12(16,17)18/h3,11H,2,4-5H2,1H3. The Morgan fingerprint density at radius 3 is 2.45 bits per heavy atom. The number of aromatic nitrogens is 1. The number of nitrogens with zero attached hydrogens (tertiary/aromatic N) is 1. The number of esters is 1. The van der Waals surface area contributed by atoms with Crippen molar-refractivity contribution in [3.63, 3.8) is 0 Å². The third-order valence-electron chi connectivity index (χ3n) is 2.38. The Labute approximate surface area is 130 Å². The molecule has 1 heterocycles. The molecule has 0 saturated carbocycles. The number of pyridine rings is 1. The van der Waals surface area contributed by atoms with Crippen LogP contribution in [-0.4, -0.2) is 23.9 Å². The molecule has 4 nitrogen and oxygen atoms in total. The second-order valence-electron chi connectivity index (χ2n) is 3.93. The predicted molar refractivity (Wildman–Crippen MR) is 68.8 cm³/mol. The summed E-state index contributed by atoms with van der Waals surface area (Å²) >= 11 is 2.90. The van der Waals surface area contributed by atoms with Gasteiger partial charge in [-0.3, -0.25) is 9.78 Å². The first-order valence-electron chi connectivity index (χ1n) is 5.96. The van der Waals surface area contributed by atoms with E-state index < -0.39 is 36.5 Å². The average Bonchev–Trinajstić information content (AvgIpc) is 2.38. The van der Waals surface area contributed by atoms with E-state index >= 15 is 0 Å². The van der Waals surface area contributed by atoms with Crippen molar-refractivity contribution in [2.45, 2.75) is 31.5 Å². The van der Waals surface area contributed by atoms with Crippen molar-refractivity contribution in [2.75, 3.05) is 6.61 Å². The van der Waals surface area contributed by atoms with Gasteiger partial charge in [0, 0.05) is 10.9 Å². The van der Waals surface area contributed by atoms with E-state index in [4.69, 9.17) is 0 Å². The Morgan fingerprint density at radius 1 is 1.36 bits per heavy atom. The maximum Gasteiger partial charge on any atom is 0.573 e. The molecule has 0 atom stereocenters. The SMILES string of the molecule is CCOC(=O)Cc1nc(CBr)c(OC(F)(F)F)cc1C(F)F. The van der Waals surface area contributed by atoms with E-state index in [1.807, 2.05) is 0 Å². The number of rotatable bonds is 6. The number of ether oxygens (including phenoxy) is 2. The molecule has 124 valence electrons. The topological polar surface area (TPSA) is 48.4 Å². The molecule has 0 unspecified atom stereocenters. The van der Waals surface area contributed by atoms with E-state index in [9.17, 15) is 26.7 Å². The largest absolute Gasteiger partial charge is 0.573 e. The van der Waals surface area contributed by atoms with Crippen LogP contribution >= 0.6 is 15.9 Å². The van der Waals surface area contributed by atoms with Crippen molar-refractivity contribution in [2.24, 2.45) is 0 Å². The predicted octanol–water partition coefficient (Wildman–Crippen LogP) is 3.92. The molecular weight excluding hydrogens is 381 g/mol. The van der Waals surface area contributed by atoms with Crippen molar-refractivity contribution >= 4 is 21.9 Å². The lowest BCUT2D eigenvalue weighted by Crippen LogP contribution is -2.20. The van der Waals surface area contributed by atoms with Crippen LogP contribution in [0.1, 0.15) is 30.3 Å². The van der Waals surface area contributed by atoms with Gasteiger partial charge in [-0.1, -0.05) is 15.9 Å². The highest BCUT2D eigenvalue weighted by atomic mass is 79.9. The summed E-state index contributed by atoms with van der Waals surface area (Å²) in [6, 6.07) is 0.538. The molecule has 0 bridgehead atoms. The van der Waals surface area contributed by atoms with E-state index in [2.05, 4.69) is 30.4 Å². The number of carbonyl (C=O) groups is 1. The molecule has 0 aromatic carbocycles. The lowest BCUT2D eigenvalue weighted by atomic mass is 10.1. The summed E-state index contributed by atoms with van der Waals surface area (Å²) < 4.78 is 71.1. The Balaban J connectivity index is 3.24. The van der Waals surface area contributed by atoms with Crippen LogP contribution < -0.4 is 4.74 Å². The Morgan fingerprint density at radius 2 is 2.00 bits per heavy atom. The molecule has 1 rings (SSSR count). The number of hydrogen-bond acceptors (Lipinski definition) is 4. The summed E-state index contributed by atoms with van der Waals surface area (Å²) in [5.74, 6) is -1.64. The van der Waals surface area contributed by atoms with Gasteiger partial charge in [-0.2, -0.15) is 0 Å². The fourth-order valence-corrected chi connectivity index (χ4v) is 1.98. The summed E-state index contributed by atoms with van der Waals surface area (Å²) in [6.07, 6.45) is -8.72. The van der Waals surface area contributed by atoms with Crippen LogP contribution in [0.2, 0.25) is 0 Å². The van der Waals surface area contributed by atoms with Crippen LogP contribution in [0.4, 0.5) is 22.0 Å². The smallest absolute Gasteiger partial charge is 0.466 e. The zero-order valence-electron chi connectivity index (χ0n) is 11.2. The molecule has 10 heteroatoms. The molecule has 0 spiro atoms. The summed E-state index contributed by atoms with van der Waals surface area (Å²) in [5.41, 5.74) is -1.41. The van der Waals surface area contributed by atoms with Crippen LogP contribution in [0, 0.1) is 0 Å². The molecule has 0 aliphatic carbocycles. The minimum Gasteiger partial charge on any atom is -0.466 e. The van der Waals surface area contributed by atoms with Gasteiger partial charge in [-0.05, 0) is 13.0 Å². The molecule has 1 aromatic heterocycles. The van der Waals surface area contributed by atoms with Crippen LogP contribution in [0.3, 0.4) is 0 Å². The van der Waals surface area contributed by atoms with Crippen molar-refractivity contribution in [3.05, 3.63) is 23.0 Å². The Bertz CT molecular complexity index is 536. The number of halogens is 6. The quantitative estimate of drug-likeness (QED) is 0.419. The molecular formula is C12H11BrF5NO3. The molecule has 0 saturated heterocycles. The van der Waals surface area contributed by atoms with Crippen molar-refractivity contribution < 1.29 is 36.2 Å². The average molecular weight is 392 g/mol. The summed E-state index contributed by atoms with van der Waals surface area (Å²) in [7, 11) is 0. The fraction of sp³-hybridized carbons (Fsp3) is 0.500. The highest BCUT2D eigenvalue weighted by molar-refractivity contribution is 9.08. The third-order valence-corrected chi connectivity index (χ3v) is 2.91. The minimum atomic E-state index is -5.04. The molecule has 0 radical (unpaired) electrons. The first kappa shape index (κ1) is 18.6. The van der Waals surface area contributed by atoms with Gasteiger partial charge in [-0.25, -0.2) is 8.78 Å². The van der Waals surface area contributed by atoms with E-state index in [0.29, 0.717) is 6.07 Å². The number of carbonyl (C=O) groups excluding carboxylic acids is 1. The first-order chi connectivity index (χ1) is 10.2. The highest BCUT2D eigenvalue weighted by Crippen LogP contribution is 2.33. The number of alkyl halides is 6. The maximum atomic E-state index is 13.0. The minimum absolute atomic E-state index is 0.0451. The van der Waals surface area contributed by atoms with Crippen LogP contribution in [0.25, 0.3) is 0 Å². The zero-order chi connectivity index (χ0) is 16.9. The van der Waals surface area contributed by atoms with Gasteiger partial charge in [0.15, 0.2) is 5.75 Å². The van der Waals surface area contributed by atoms with E-state index in [0.717, 1.165) is 0 Å². The highest BCUT2D eigenvalue weighted by Gasteiger charge is 2.33. The van der Waals surface area contributed by atoms with Crippen molar-refractivity contribution in [1.82, 2.24) is 4.98 Å². The van der Waals surface area contributed by atoms with E-state index in [1.54, 1.807) is 0 Å². The molecule has 0 amide bonds. The van der Waals surface area contributed by atoms with Gasteiger partial charge >= 0.3 is 12.3 Å². The van der Waals surface area contributed by atoms with Gasteiger partial charge in [0.25, 0.3) is 6.43 Å². The van der Waals surface area contributed by atoms with Gasteiger partial charge < -0.3 is 9.47 Å². The maximum absolute atomic E-state index is 13.0. The van der Waals surface area contributed by atoms with E-state index in [-0.39, 0.29) is 23.3 Å². The monoisotopic (exact) mass is 391 g/mol. The van der Waals surface area contributed by atoms with E-state index in [1.165, 1.54) is 6.92 Å². The second-order valence-corrected chi connectivity index (χ2v) is 4.49. The number of hydrogen-bond donors (Lipinski definition) is 0. The fourth-order valence-electron chi connectivity index (χ4n) is 1.58. The lowest BCUT2D eigenvalue weighted by molar-refractivity contribution is -0.275. The third kappa shape index (κ3) is 5.39. The lowest BCUT2D eigenvalue weighted by Gasteiger charge is -2.15. The zero-order valence-corrected chi connectivity index (χ0v) is 12.8. The molecule has 0 N–H and O–H groups in total. The second kappa shape index (κ2) is 7.70. The molecule has 0 aliphatic heterocycles.